The first kappa shape index (κ1) is 20.3. The van der Waals surface area contributed by atoms with Gasteiger partial charge in [-0.1, -0.05) is 36.4 Å². The smallest absolute Gasteiger partial charge is 0.330 e. The molecule has 0 unspecified atom stereocenters. The normalized spacial score (nSPS) is 10.6. The molecule has 0 aliphatic rings. The highest BCUT2D eigenvalue weighted by Crippen LogP contribution is 2.19. The maximum Gasteiger partial charge on any atom is 0.330 e. The molecule has 8 heteroatoms. The van der Waals surface area contributed by atoms with E-state index in [9.17, 15) is 9.59 Å². The molecule has 2 aromatic carbocycles. The Morgan fingerprint density at radius 1 is 1.14 bits per heavy atom. The lowest BCUT2D eigenvalue weighted by molar-refractivity contribution is 0.732. The minimum Gasteiger partial charge on any atom is -0.383 e. The molecule has 0 aliphatic heterocycles. The number of H-pyrrole nitrogens is 1. The van der Waals surface area contributed by atoms with E-state index in [4.69, 9.17) is 18.0 Å². The van der Waals surface area contributed by atoms with Gasteiger partial charge in [-0.25, -0.2) is 4.79 Å². The molecule has 0 bridgehead atoms. The highest BCUT2D eigenvalue weighted by Gasteiger charge is 2.19. The summed E-state index contributed by atoms with van der Waals surface area (Å²) in [4.78, 5) is 28.6. The Kier molecular flexibility index (Phi) is 5.84. The summed E-state index contributed by atoms with van der Waals surface area (Å²) in [7, 11) is 1.63. The van der Waals surface area contributed by atoms with Crippen molar-refractivity contribution >= 4 is 34.5 Å². The van der Waals surface area contributed by atoms with E-state index in [1.54, 1.807) is 7.05 Å². The largest absolute Gasteiger partial charge is 0.383 e. The summed E-state index contributed by atoms with van der Waals surface area (Å²) in [6.45, 7) is 4.27. The van der Waals surface area contributed by atoms with Gasteiger partial charge in [-0.05, 0) is 54.9 Å². The number of aromatic amines is 1. The first-order chi connectivity index (χ1) is 13.8. The summed E-state index contributed by atoms with van der Waals surface area (Å²) in [5, 5.41) is 3.40. The second kappa shape index (κ2) is 8.32. The van der Waals surface area contributed by atoms with E-state index < -0.39 is 11.2 Å². The lowest BCUT2D eigenvalue weighted by Gasteiger charge is -2.23. The fraction of sp³-hybridized carbons (Fsp3) is 0.190. The maximum absolute atomic E-state index is 12.5. The summed E-state index contributed by atoms with van der Waals surface area (Å²) in [6.07, 6.45) is 0. The number of anilines is 3. The second-order valence-corrected chi connectivity index (χ2v) is 7.24. The van der Waals surface area contributed by atoms with Gasteiger partial charge in [0.2, 0.25) is 0 Å². The zero-order chi connectivity index (χ0) is 21.1. The number of benzene rings is 2. The first-order valence-electron chi connectivity index (χ1n) is 9.06. The van der Waals surface area contributed by atoms with E-state index in [1.165, 1.54) is 15.0 Å². The van der Waals surface area contributed by atoms with E-state index in [1.807, 2.05) is 62.4 Å². The van der Waals surface area contributed by atoms with Gasteiger partial charge in [0.1, 0.15) is 5.82 Å². The van der Waals surface area contributed by atoms with Crippen LogP contribution in [0.5, 0.6) is 0 Å². The Morgan fingerprint density at radius 3 is 2.48 bits per heavy atom. The van der Waals surface area contributed by atoms with Crippen LogP contribution < -0.4 is 27.2 Å². The molecule has 29 heavy (non-hydrogen) atoms. The Labute approximate surface area is 173 Å². The SMILES string of the molecule is Cc1ccc(NC(=S)N(C)c2c(N)n(Cc3ccccc3)c(=O)[nH]c2=O)cc1C. The summed E-state index contributed by atoms with van der Waals surface area (Å²) in [5.74, 6) is 0.0503. The topological polar surface area (TPSA) is 96.2 Å². The van der Waals surface area contributed by atoms with Gasteiger partial charge < -0.3 is 16.0 Å². The van der Waals surface area contributed by atoms with E-state index >= 15 is 0 Å². The number of aryl methyl sites for hydroxylation is 2. The van der Waals surface area contributed by atoms with Crippen molar-refractivity contribution in [2.45, 2.75) is 20.4 Å². The van der Waals surface area contributed by atoms with Gasteiger partial charge in [0, 0.05) is 12.7 Å². The van der Waals surface area contributed by atoms with Crippen LogP contribution in [0.2, 0.25) is 0 Å². The molecule has 0 saturated heterocycles. The number of nitrogens with two attached hydrogens (primary N) is 1. The van der Waals surface area contributed by atoms with Crippen molar-refractivity contribution in [3.8, 4) is 0 Å². The molecule has 0 atom stereocenters. The molecule has 0 aliphatic carbocycles. The molecule has 7 nitrogen and oxygen atoms in total. The summed E-state index contributed by atoms with van der Waals surface area (Å²) < 4.78 is 1.32. The van der Waals surface area contributed by atoms with Crippen molar-refractivity contribution in [3.63, 3.8) is 0 Å². The minimum absolute atomic E-state index is 0.0503. The quantitative estimate of drug-likeness (QED) is 0.573. The van der Waals surface area contributed by atoms with Crippen LogP contribution in [-0.4, -0.2) is 21.7 Å². The Bertz CT molecular complexity index is 1170. The molecular weight excluding hydrogens is 386 g/mol. The molecular formula is C21H23N5O2S. The summed E-state index contributed by atoms with van der Waals surface area (Å²) >= 11 is 5.46. The monoisotopic (exact) mass is 409 g/mol. The number of rotatable bonds is 4. The van der Waals surface area contributed by atoms with Crippen molar-refractivity contribution in [3.05, 3.63) is 86.1 Å². The van der Waals surface area contributed by atoms with Crippen LogP contribution in [0.25, 0.3) is 0 Å². The lowest BCUT2D eigenvalue weighted by atomic mass is 10.1. The van der Waals surface area contributed by atoms with Gasteiger partial charge in [-0.3, -0.25) is 14.3 Å². The number of nitrogens with zero attached hydrogens (tertiary/aromatic N) is 2. The molecule has 1 heterocycles. The van der Waals surface area contributed by atoms with Crippen LogP contribution >= 0.6 is 12.2 Å². The maximum atomic E-state index is 12.5. The van der Waals surface area contributed by atoms with Gasteiger partial charge in [0.15, 0.2) is 10.8 Å². The van der Waals surface area contributed by atoms with Gasteiger partial charge in [-0.2, -0.15) is 0 Å². The van der Waals surface area contributed by atoms with Crippen molar-refractivity contribution in [2.75, 3.05) is 23.0 Å². The number of aromatic nitrogens is 2. The van der Waals surface area contributed by atoms with Gasteiger partial charge in [-0.15, -0.1) is 0 Å². The predicted octanol–water partition coefficient (Wildman–Crippen LogP) is 2.62. The van der Waals surface area contributed by atoms with Gasteiger partial charge >= 0.3 is 5.69 Å². The zero-order valence-corrected chi connectivity index (χ0v) is 17.3. The summed E-state index contributed by atoms with van der Waals surface area (Å²) in [5.41, 5.74) is 9.15. The summed E-state index contributed by atoms with van der Waals surface area (Å²) in [6, 6.07) is 15.3. The molecule has 0 radical (unpaired) electrons. The van der Waals surface area contributed by atoms with Crippen LogP contribution in [0.3, 0.4) is 0 Å². The van der Waals surface area contributed by atoms with E-state index in [2.05, 4.69) is 10.3 Å². The Balaban J connectivity index is 1.93. The third kappa shape index (κ3) is 4.38. The zero-order valence-electron chi connectivity index (χ0n) is 16.5. The van der Waals surface area contributed by atoms with Crippen LogP contribution in [0, 0.1) is 13.8 Å². The van der Waals surface area contributed by atoms with E-state index in [-0.39, 0.29) is 23.2 Å². The number of thiocarbonyl (C=S) groups is 1. The predicted molar refractivity (Wildman–Crippen MR) is 122 cm³/mol. The first-order valence-corrected chi connectivity index (χ1v) is 9.47. The number of hydrogen-bond donors (Lipinski definition) is 3. The van der Waals surface area contributed by atoms with Crippen LogP contribution in [-0.2, 0) is 6.54 Å². The van der Waals surface area contributed by atoms with E-state index in [0.717, 1.165) is 16.8 Å². The minimum atomic E-state index is -0.594. The number of nitrogens with one attached hydrogen (secondary N) is 2. The Hall–Kier alpha value is -3.39. The second-order valence-electron chi connectivity index (χ2n) is 6.85. The van der Waals surface area contributed by atoms with Crippen molar-refractivity contribution in [1.82, 2.24) is 9.55 Å². The highest BCUT2D eigenvalue weighted by atomic mass is 32.1. The molecule has 4 N–H and O–H groups in total. The van der Waals surface area contributed by atoms with Gasteiger partial charge in [0.05, 0.1) is 6.54 Å². The van der Waals surface area contributed by atoms with Crippen molar-refractivity contribution < 1.29 is 0 Å². The molecule has 3 rings (SSSR count). The molecule has 0 spiro atoms. The standard InChI is InChI=1S/C21H23N5O2S/c1-13-9-10-16(11-14(13)2)23-21(29)25(3)17-18(22)26(20(28)24-19(17)27)12-15-7-5-4-6-8-15/h4-11H,12,22H2,1-3H3,(H,23,29)(H,24,27,28). The van der Waals surface area contributed by atoms with Gasteiger partial charge in [0.25, 0.3) is 5.56 Å². The molecule has 0 amide bonds. The molecule has 1 aromatic heterocycles. The third-order valence-electron chi connectivity index (χ3n) is 4.80. The fourth-order valence-electron chi connectivity index (χ4n) is 2.95. The number of hydrogen-bond acceptors (Lipinski definition) is 4. The van der Waals surface area contributed by atoms with Crippen LogP contribution in [0.1, 0.15) is 16.7 Å². The van der Waals surface area contributed by atoms with Crippen LogP contribution in [0.15, 0.2) is 58.1 Å². The fourth-order valence-corrected chi connectivity index (χ4v) is 3.16. The lowest BCUT2D eigenvalue weighted by Crippen LogP contribution is -2.40. The molecule has 0 saturated carbocycles. The molecule has 150 valence electrons. The number of nitrogen functional groups attached to an aromatic ring is 1. The van der Waals surface area contributed by atoms with E-state index in [0.29, 0.717) is 0 Å². The molecule has 0 fully saturated rings. The van der Waals surface area contributed by atoms with Crippen molar-refractivity contribution in [1.29, 1.82) is 0 Å². The Morgan fingerprint density at radius 2 is 1.83 bits per heavy atom. The molecule has 3 aromatic rings. The van der Waals surface area contributed by atoms with Crippen LogP contribution in [0.4, 0.5) is 17.2 Å². The average molecular weight is 410 g/mol. The third-order valence-corrected chi connectivity index (χ3v) is 5.17. The van der Waals surface area contributed by atoms with Crippen molar-refractivity contribution in [2.24, 2.45) is 0 Å². The highest BCUT2D eigenvalue weighted by molar-refractivity contribution is 7.80. The average Bonchev–Trinajstić information content (AvgIpc) is 2.68.